The van der Waals surface area contributed by atoms with Gasteiger partial charge in [-0.3, -0.25) is 0 Å². The van der Waals surface area contributed by atoms with E-state index in [4.69, 9.17) is 0 Å². The Balaban J connectivity index is 2.66. The van der Waals surface area contributed by atoms with Gasteiger partial charge in [-0.2, -0.15) is 0 Å². The molecule has 0 nitrogen and oxygen atoms in total. The van der Waals surface area contributed by atoms with Crippen LogP contribution in [0.5, 0.6) is 0 Å². The van der Waals surface area contributed by atoms with Crippen molar-refractivity contribution in [3.05, 3.63) is 104 Å². The van der Waals surface area contributed by atoms with E-state index in [1.54, 1.807) is 0 Å². The van der Waals surface area contributed by atoms with E-state index in [-0.39, 0.29) is 0 Å². The summed E-state index contributed by atoms with van der Waals surface area (Å²) in [6.45, 7) is 0. The van der Waals surface area contributed by atoms with E-state index in [1.165, 1.54) is 0 Å². The second-order valence-corrected chi connectivity index (χ2v) is 6.28. The van der Waals surface area contributed by atoms with Gasteiger partial charge < -0.3 is 0 Å². The lowest BCUT2D eigenvalue weighted by Gasteiger charge is -2.23. The maximum atomic E-state index is 14.4. The first-order valence-corrected chi connectivity index (χ1v) is 8.09. The van der Waals surface area contributed by atoms with Crippen LogP contribution in [0.25, 0.3) is 0 Å². The van der Waals surface area contributed by atoms with Gasteiger partial charge in [0.15, 0.2) is 69.8 Å². The summed E-state index contributed by atoms with van der Waals surface area (Å²) in [5.74, 6) is -43.3. The zero-order valence-corrected chi connectivity index (χ0v) is 14.9. The van der Waals surface area contributed by atoms with Crippen LogP contribution in [0.15, 0.2) is 6.07 Å². The van der Waals surface area contributed by atoms with Crippen LogP contribution in [0, 0.1) is 81.4 Å². The molecule has 0 spiro atoms. The number of benzene rings is 3. The highest BCUT2D eigenvalue weighted by Crippen LogP contribution is 2.43. The molecule has 0 amide bonds. The number of hydrogen-bond acceptors (Lipinski definition) is 0. The summed E-state index contributed by atoms with van der Waals surface area (Å²) in [5, 5.41) is 0. The van der Waals surface area contributed by atoms with Crippen molar-refractivity contribution in [2.45, 2.75) is 5.92 Å². The third-order valence-corrected chi connectivity index (χ3v) is 4.50. The smallest absolute Gasteiger partial charge is 0.200 e. The maximum Gasteiger partial charge on any atom is 0.200 e. The van der Waals surface area contributed by atoms with E-state index in [9.17, 15) is 61.5 Å². The molecule has 0 unspecified atom stereocenters. The van der Waals surface area contributed by atoms with Gasteiger partial charge in [-0.25, -0.2) is 61.5 Å². The summed E-state index contributed by atoms with van der Waals surface area (Å²) in [7, 11) is 0. The predicted molar refractivity (Wildman–Crippen MR) is 79.7 cm³/mol. The fourth-order valence-corrected chi connectivity index (χ4v) is 3.03. The second kappa shape index (κ2) is 8.23. The molecule has 0 aromatic heterocycles. The lowest BCUT2D eigenvalue weighted by Crippen LogP contribution is -2.21. The van der Waals surface area contributed by atoms with Crippen LogP contribution < -0.4 is 0 Å². The quantitative estimate of drug-likeness (QED) is 0.162. The number of halogens is 14. The minimum Gasteiger partial charge on any atom is -0.204 e. The van der Waals surface area contributed by atoms with Gasteiger partial charge in [0.1, 0.15) is 0 Å². The monoisotopic (exact) mass is 496 g/mol. The van der Waals surface area contributed by atoms with Crippen LogP contribution in [0.4, 0.5) is 61.5 Å². The van der Waals surface area contributed by atoms with Crippen LogP contribution in [-0.4, -0.2) is 0 Å². The van der Waals surface area contributed by atoms with Crippen molar-refractivity contribution in [2.75, 3.05) is 0 Å². The van der Waals surface area contributed by atoms with Crippen molar-refractivity contribution in [3.8, 4) is 0 Å². The standard InChI is InChI=1S/C19H2F14/c20-2-1-3(21)9(23)5(8(2)22)4(6-10(24)14(28)18(32)15(29)11(6)25)7-12(26)16(30)19(33)17(31)13(7)27/h1,4H. The Kier molecular flexibility index (Phi) is 6.06. The minimum atomic E-state index is -3.79. The molecule has 3 rings (SSSR count). The van der Waals surface area contributed by atoms with Gasteiger partial charge in [0.05, 0.1) is 5.92 Å². The highest BCUT2D eigenvalue weighted by Gasteiger charge is 2.41. The summed E-state index contributed by atoms with van der Waals surface area (Å²) < 4.78 is 195. The topological polar surface area (TPSA) is 0 Å². The molecular weight excluding hydrogens is 494 g/mol. The molecule has 3 aromatic carbocycles. The molecule has 0 atom stereocenters. The van der Waals surface area contributed by atoms with Crippen molar-refractivity contribution in [3.63, 3.8) is 0 Å². The van der Waals surface area contributed by atoms with E-state index in [2.05, 4.69) is 0 Å². The molecule has 33 heavy (non-hydrogen) atoms. The van der Waals surface area contributed by atoms with Gasteiger partial charge in [-0.15, -0.1) is 0 Å². The Morgan fingerprint density at radius 2 is 0.515 bits per heavy atom. The first kappa shape index (κ1) is 24.3. The molecule has 0 heterocycles. The Hall–Kier alpha value is -3.32. The summed E-state index contributed by atoms with van der Waals surface area (Å²) in [6, 6.07) is -0.512. The third-order valence-electron chi connectivity index (χ3n) is 4.50. The van der Waals surface area contributed by atoms with E-state index in [0.29, 0.717) is 0 Å². The van der Waals surface area contributed by atoms with Gasteiger partial charge in [0, 0.05) is 22.8 Å². The summed E-state index contributed by atoms with van der Waals surface area (Å²) >= 11 is 0. The van der Waals surface area contributed by atoms with Crippen LogP contribution >= 0.6 is 0 Å². The van der Waals surface area contributed by atoms with Crippen molar-refractivity contribution < 1.29 is 61.5 Å². The molecule has 14 heteroatoms. The molecule has 176 valence electrons. The molecule has 0 N–H and O–H groups in total. The first-order valence-electron chi connectivity index (χ1n) is 8.09. The normalized spacial score (nSPS) is 11.6. The molecule has 0 saturated carbocycles. The Labute approximate surface area is 172 Å². The van der Waals surface area contributed by atoms with Crippen molar-refractivity contribution in [2.24, 2.45) is 0 Å². The van der Waals surface area contributed by atoms with Gasteiger partial charge in [-0.1, -0.05) is 0 Å². The molecule has 0 radical (unpaired) electrons. The van der Waals surface area contributed by atoms with Gasteiger partial charge in [0.2, 0.25) is 11.6 Å². The fraction of sp³-hybridized carbons (Fsp3) is 0.0526. The van der Waals surface area contributed by atoms with Crippen LogP contribution in [-0.2, 0) is 0 Å². The highest BCUT2D eigenvalue weighted by atomic mass is 19.2. The van der Waals surface area contributed by atoms with E-state index in [0.717, 1.165) is 0 Å². The minimum absolute atomic E-state index is 0.512. The second-order valence-electron chi connectivity index (χ2n) is 6.28. The predicted octanol–water partition coefficient (Wildman–Crippen LogP) is 6.81. The zero-order chi connectivity index (χ0) is 25.1. The Morgan fingerprint density at radius 1 is 0.303 bits per heavy atom. The Bertz CT molecular complexity index is 1160. The van der Waals surface area contributed by atoms with Crippen molar-refractivity contribution in [1.82, 2.24) is 0 Å². The number of rotatable bonds is 3. The molecule has 0 bridgehead atoms. The molecule has 0 saturated heterocycles. The van der Waals surface area contributed by atoms with Gasteiger partial charge in [-0.05, 0) is 0 Å². The molecule has 0 aliphatic rings. The Morgan fingerprint density at radius 3 is 0.788 bits per heavy atom. The van der Waals surface area contributed by atoms with Crippen molar-refractivity contribution >= 4 is 0 Å². The molecule has 0 aliphatic heterocycles. The first-order chi connectivity index (χ1) is 15.2. The largest absolute Gasteiger partial charge is 0.204 e. The fourth-order valence-electron chi connectivity index (χ4n) is 3.03. The van der Waals surface area contributed by atoms with Crippen LogP contribution in [0.2, 0.25) is 0 Å². The summed E-state index contributed by atoms with van der Waals surface area (Å²) in [6.07, 6.45) is 0. The zero-order valence-electron chi connectivity index (χ0n) is 14.9. The van der Waals surface area contributed by atoms with E-state index < -0.39 is 110 Å². The average molecular weight is 496 g/mol. The van der Waals surface area contributed by atoms with Gasteiger partial charge >= 0.3 is 0 Å². The molecule has 3 aromatic rings. The maximum absolute atomic E-state index is 14.4. The summed E-state index contributed by atoms with van der Waals surface area (Å²) in [4.78, 5) is 0. The lowest BCUT2D eigenvalue weighted by molar-refractivity contribution is 0.353. The van der Waals surface area contributed by atoms with E-state index in [1.807, 2.05) is 0 Å². The van der Waals surface area contributed by atoms with E-state index >= 15 is 0 Å². The SMILES string of the molecule is Fc1cc(F)c(F)c(C(c2c(F)c(F)c(F)c(F)c2F)c2c(F)c(F)c(F)c(F)c2F)c1F. The summed E-state index contributed by atoms with van der Waals surface area (Å²) in [5.41, 5.74) is -7.56. The highest BCUT2D eigenvalue weighted by molar-refractivity contribution is 5.48. The number of hydrogen-bond donors (Lipinski definition) is 0. The van der Waals surface area contributed by atoms with Crippen LogP contribution in [0.3, 0.4) is 0 Å². The lowest BCUT2D eigenvalue weighted by atomic mass is 9.82. The third kappa shape index (κ3) is 3.47. The van der Waals surface area contributed by atoms with Crippen molar-refractivity contribution in [1.29, 1.82) is 0 Å². The molecule has 0 fully saturated rings. The average Bonchev–Trinajstić information content (AvgIpc) is 2.77. The molecule has 0 aliphatic carbocycles. The van der Waals surface area contributed by atoms with Gasteiger partial charge in [0.25, 0.3) is 0 Å². The van der Waals surface area contributed by atoms with Crippen LogP contribution in [0.1, 0.15) is 22.6 Å². The molecular formula is C19H2F14.